The number of fused-ring (bicyclic) bond motifs is 1. The number of benzene rings is 2. The zero-order valence-electron chi connectivity index (χ0n) is 15.0. The molecule has 8 heteroatoms. The second-order valence-electron chi connectivity index (χ2n) is 6.64. The van der Waals surface area contributed by atoms with Crippen LogP contribution < -0.4 is 9.62 Å². The van der Waals surface area contributed by atoms with Crippen LogP contribution in [0.2, 0.25) is 0 Å². The highest BCUT2D eigenvalue weighted by Gasteiger charge is 2.25. The van der Waals surface area contributed by atoms with E-state index in [0.29, 0.717) is 30.6 Å². The third-order valence-electron chi connectivity index (χ3n) is 4.59. The molecule has 27 heavy (non-hydrogen) atoms. The van der Waals surface area contributed by atoms with Crippen LogP contribution in [0.25, 0.3) is 0 Å². The van der Waals surface area contributed by atoms with E-state index < -0.39 is 33.6 Å². The van der Waals surface area contributed by atoms with Gasteiger partial charge >= 0.3 is 0 Å². The van der Waals surface area contributed by atoms with E-state index in [1.165, 1.54) is 10.4 Å². The summed E-state index contributed by atoms with van der Waals surface area (Å²) in [6.07, 6.45) is 2.49. The van der Waals surface area contributed by atoms with Crippen molar-refractivity contribution in [3.8, 4) is 0 Å². The Balaban J connectivity index is 1.82. The van der Waals surface area contributed by atoms with Crippen LogP contribution in [0.3, 0.4) is 0 Å². The van der Waals surface area contributed by atoms with Crippen molar-refractivity contribution in [1.82, 2.24) is 5.32 Å². The van der Waals surface area contributed by atoms with Crippen LogP contribution in [-0.4, -0.2) is 27.1 Å². The van der Waals surface area contributed by atoms with Crippen molar-refractivity contribution >= 4 is 21.6 Å². The summed E-state index contributed by atoms with van der Waals surface area (Å²) in [6, 6.07) is 7.39. The van der Waals surface area contributed by atoms with E-state index in [0.717, 1.165) is 24.0 Å². The van der Waals surface area contributed by atoms with Gasteiger partial charge in [0.25, 0.3) is 5.91 Å². The molecule has 0 saturated carbocycles. The first kappa shape index (κ1) is 19.3. The second kappa shape index (κ2) is 7.26. The molecule has 1 heterocycles. The summed E-state index contributed by atoms with van der Waals surface area (Å²) < 4.78 is 52.1. The van der Waals surface area contributed by atoms with E-state index in [4.69, 9.17) is 0 Å². The maximum Gasteiger partial charge on any atom is 0.251 e. The van der Waals surface area contributed by atoms with Crippen LogP contribution in [0, 0.1) is 11.6 Å². The van der Waals surface area contributed by atoms with Crippen molar-refractivity contribution in [2.75, 3.05) is 17.1 Å². The molecule has 5 nitrogen and oxygen atoms in total. The number of rotatable bonds is 4. The third-order valence-corrected chi connectivity index (χ3v) is 5.77. The zero-order chi connectivity index (χ0) is 19.8. The highest BCUT2D eigenvalue weighted by molar-refractivity contribution is 7.92. The Labute approximate surface area is 157 Å². The minimum atomic E-state index is -3.38. The molecule has 1 N–H and O–H groups in total. The summed E-state index contributed by atoms with van der Waals surface area (Å²) in [5.41, 5.74) is 1.90. The third kappa shape index (κ3) is 4.10. The monoisotopic (exact) mass is 394 g/mol. The average molecular weight is 394 g/mol. The molecule has 1 amide bonds. The number of nitrogens with zero attached hydrogens (tertiary/aromatic N) is 1. The van der Waals surface area contributed by atoms with Gasteiger partial charge in [-0.05, 0) is 49.6 Å². The molecule has 0 radical (unpaired) electrons. The number of anilines is 1. The van der Waals surface area contributed by atoms with Gasteiger partial charge in [0.2, 0.25) is 10.0 Å². The summed E-state index contributed by atoms with van der Waals surface area (Å²) in [5.74, 6) is -1.82. The van der Waals surface area contributed by atoms with Gasteiger partial charge in [-0.2, -0.15) is 0 Å². The van der Waals surface area contributed by atoms with Crippen molar-refractivity contribution in [2.45, 2.75) is 25.8 Å². The predicted octanol–water partition coefficient (Wildman–Crippen LogP) is 3.17. The normalized spacial score (nSPS) is 15.2. The maximum atomic E-state index is 13.9. The number of carbonyl (C=O) groups is 1. The molecule has 0 bridgehead atoms. The van der Waals surface area contributed by atoms with E-state index >= 15 is 0 Å². The highest BCUT2D eigenvalue weighted by Crippen LogP contribution is 2.30. The molecule has 0 aromatic heterocycles. The van der Waals surface area contributed by atoms with Crippen LogP contribution in [0.5, 0.6) is 0 Å². The number of carbonyl (C=O) groups excluding carboxylic acids is 1. The molecule has 1 aliphatic heterocycles. The van der Waals surface area contributed by atoms with Crippen molar-refractivity contribution < 1.29 is 22.0 Å². The standard InChI is InChI=1S/C19H20F2N2O3S/c1-12(16-7-6-15(20)11-17(16)21)22-19(24)14-5-8-18-13(10-14)4-3-9-23(18)27(2,25)26/h5-8,10-12H,3-4,9H2,1-2H3,(H,22,24). The van der Waals surface area contributed by atoms with Crippen LogP contribution in [-0.2, 0) is 16.4 Å². The summed E-state index contributed by atoms with van der Waals surface area (Å²) in [6.45, 7) is 2.02. The van der Waals surface area contributed by atoms with Gasteiger partial charge in [0.1, 0.15) is 11.6 Å². The van der Waals surface area contributed by atoms with Gasteiger partial charge in [-0.15, -0.1) is 0 Å². The molecular formula is C19H20F2N2O3S. The van der Waals surface area contributed by atoms with Crippen LogP contribution >= 0.6 is 0 Å². The van der Waals surface area contributed by atoms with Gasteiger partial charge in [0, 0.05) is 23.7 Å². The fraction of sp³-hybridized carbons (Fsp3) is 0.316. The highest BCUT2D eigenvalue weighted by atomic mass is 32.2. The fourth-order valence-electron chi connectivity index (χ4n) is 3.26. The Kier molecular flexibility index (Phi) is 5.19. The molecule has 0 saturated heterocycles. The Morgan fingerprint density at radius 1 is 1.19 bits per heavy atom. The first-order chi connectivity index (χ1) is 12.7. The Morgan fingerprint density at radius 2 is 1.93 bits per heavy atom. The summed E-state index contributed by atoms with van der Waals surface area (Å²) >= 11 is 0. The molecular weight excluding hydrogens is 374 g/mol. The minimum absolute atomic E-state index is 0.186. The summed E-state index contributed by atoms with van der Waals surface area (Å²) in [7, 11) is -3.38. The second-order valence-corrected chi connectivity index (χ2v) is 8.55. The van der Waals surface area contributed by atoms with E-state index in [1.807, 2.05) is 0 Å². The summed E-state index contributed by atoms with van der Waals surface area (Å²) in [4.78, 5) is 12.5. The topological polar surface area (TPSA) is 66.5 Å². The molecule has 2 aromatic carbocycles. The number of hydrogen-bond donors (Lipinski definition) is 1. The molecule has 144 valence electrons. The number of aryl methyl sites for hydroxylation is 1. The van der Waals surface area contributed by atoms with Gasteiger partial charge in [-0.3, -0.25) is 9.10 Å². The van der Waals surface area contributed by atoms with Crippen LogP contribution in [0.15, 0.2) is 36.4 Å². The first-order valence-electron chi connectivity index (χ1n) is 8.53. The minimum Gasteiger partial charge on any atom is -0.345 e. The number of sulfonamides is 1. The van der Waals surface area contributed by atoms with Gasteiger partial charge in [0.05, 0.1) is 18.0 Å². The van der Waals surface area contributed by atoms with E-state index in [9.17, 15) is 22.0 Å². The van der Waals surface area contributed by atoms with Gasteiger partial charge in [0.15, 0.2) is 0 Å². The average Bonchev–Trinajstić information content (AvgIpc) is 2.59. The molecule has 0 spiro atoms. The Morgan fingerprint density at radius 3 is 2.59 bits per heavy atom. The van der Waals surface area contributed by atoms with Gasteiger partial charge < -0.3 is 5.32 Å². The smallest absolute Gasteiger partial charge is 0.251 e. The maximum absolute atomic E-state index is 13.9. The van der Waals surface area contributed by atoms with Crippen molar-refractivity contribution in [3.63, 3.8) is 0 Å². The lowest BCUT2D eigenvalue weighted by molar-refractivity contribution is 0.0939. The van der Waals surface area contributed by atoms with Crippen molar-refractivity contribution in [2.24, 2.45) is 0 Å². The Hall–Kier alpha value is -2.48. The van der Waals surface area contributed by atoms with E-state index in [-0.39, 0.29) is 5.56 Å². The number of nitrogens with one attached hydrogen (secondary N) is 1. The van der Waals surface area contributed by atoms with E-state index in [1.54, 1.807) is 25.1 Å². The zero-order valence-corrected chi connectivity index (χ0v) is 15.8. The summed E-state index contributed by atoms with van der Waals surface area (Å²) in [5, 5.41) is 2.69. The van der Waals surface area contributed by atoms with Gasteiger partial charge in [-0.25, -0.2) is 17.2 Å². The lowest BCUT2D eigenvalue weighted by atomic mass is 10.00. The van der Waals surface area contributed by atoms with E-state index in [2.05, 4.69) is 5.32 Å². The van der Waals surface area contributed by atoms with Crippen molar-refractivity contribution in [1.29, 1.82) is 0 Å². The molecule has 1 atom stereocenters. The SMILES string of the molecule is CC(NC(=O)c1ccc2c(c1)CCCN2S(C)(=O)=O)c1ccc(F)cc1F. The van der Waals surface area contributed by atoms with Crippen molar-refractivity contribution in [3.05, 3.63) is 64.7 Å². The molecule has 1 unspecified atom stereocenters. The van der Waals surface area contributed by atoms with Crippen LogP contribution in [0.4, 0.5) is 14.5 Å². The number of halogens is 2. The number of hydrogen-bond acceptors (Lipinski definition) is 3. The fourth-order valence-corrected chi connectivity index (χ4v) is 4.25. The molecule has 3 rings (SSSR count). The molecule has 0 fully saturated rings. The Bertz CT molecular complexity index is 992. The predicted molar refractivity (Wildman–Crippen MR) is 99.2 cm³/mol. The molecule has 2 aromatic rings. The molecule has 1 aliphatic rings. The quantitative estimate of drug-likeness (QED) is 0.866. The van der Waals surface area contributed by atoms with Gasteiger partial charge in [-0.1, -0.05) is 6.07 Å². The number of amides is 1. The lowest BCUT2D eigenvalue weighted by Crippen LogP contribution is -2.35. The molecule has 0 aliphatic carbocycles. The first-order valence-corrected chi connectivity index (χ1v) is 10.4. The van der Waals surface area contributed by atoms with Crippen LogP contribution in [0.1, 0.15) is 40.9 Å². The largest absolute Gasteiger partial charge is 0.345 e. The lowest BCUT2D eigenvalue weighted by Gasteiger charge is -2.29.